The van der Waals surface area contributed by atoms with E-state index in [1.807, 2.05) is 46.0 Å². The topological polar surface area (TPSA) is 171 Å². The number of allylic oxidation sites excluding steroid dienone is 1. The zero-order valence-electron chi connectivity index (χ0n) is 28.6. The van der Waals surface area contributed by atoms with E-state index in [0.717, 1.165) is 60.6 Å². The molecule has 6 atom stereocenters. The molecule has 2 spiro atoms. The van der Waals surface area contributed by atoms with Crippen LogP contribution >= 0.6 is 0 Å². The molecule has 0 radical (unpaired) electrons. The Labute approximate surface area is 285 Å². The van der Waals surface area contributed by atoms with E-state index in [4.69, 9.17) is 30.4 Å². The number of anilines is 2. The van der Waals surface area contributed by atoms with Crippen molar-refractivity contribution in [2.24, 2.45) is 16.7 Å². The molecule has 0 aromatic carbocycles. The Hall–Kier alpha value is -3.62. The molecule has 6 aliphatic rings. The van der Waals surface area contributed by atoms with E-state index in [9.17, 15) is 5.11 Å². The second-order valence-corrected chi connectivity index (χ2v) is 16.3. The Morgan fingerprint density at radius 1 is 0.735 bits per heavy atom. The highest BCUT2D eigenvalue weighted by molar-refractivity contribution is 5.86. The molecule has 260 valence electrons. The smallest absolute Gasteiger partial charge is 0.163 e. The molecule has 2 aliphatic heterocycles. The van der Waals surface area contributed by atoms with Crippen LogP contribution < -0.4 is 11.5 Å². The summed E-state index contributed by atoms with van der Waals surface area (Å²) in [6.45, 7) is 12.3. The first kappa shape index (κ1) is 31.4. The predicted molar refractivity (Wildman–Crippen MR) is 182 cm³/mol. The van der Waals surface area contributed by atoms with Gasteiger partial charge in [0, 0.05) is 29.8 Å². The van der Waals surface area contributed by atoms with Crippen LogP contribution in [0.2, 0.25) is 0 Å². The molecule has 4 aromatic heterocycles. The Morgan fingerprint density at radius 3 is 1.67 bits per heavy atom. The average molecular weight is 671 g/mol. The van der Waals surface area contributed by atoms with Gasteiger partial charge in [-0.25, -0.2) is 19.9 Å². The lowest BCUT2D eigenvalue weighted by atomic mass is 9.60. The van der Waals surface area contributed by atoms with Crippen LogP contribution in [0.5, 0.6) is 0 Å². The number of rotatable bonds is 3. The van der Waals surface area contributed by atoms with Gasteiger partial charge < -0.3 is 44.7 Å². The van der Waals surface area contributed by atoms with Crippen molar-refractivity contribution < 1.29 is 24.1 Å². The maximum absolute atomic E-state index is 9.49. The Balaban J connectivity index is 0.000000133. The normalized spacial score (nSPS) is 36.1. The number of nitrogens with zero attached hydrogens (tertiary/aromatic N) is 6. The average Bonchev–Trinajstić information content (AvgIpc) is 3.84. The van der Waals surface area contributed by atoms with Gasteiger partial charge in [-0.2, -0.15) is 0 Å². The van der Waals surface area contributed by atoms with Crippen LogP contribution in [0.1, 0.15) is 78.3 Å². The van der Waals surface area contributed by atoms with Gasteiger partial charge in [-0.1, -0.05) is 12.2 Å². The summed E-state index contributed by atoms with van der Waals surface area (Å²) in [5.74, 6) is 0.271. The minimum atomic E-state index is -0.581. The first-order valence-electron chi connectivity index (χ1n) is 17.4. The molecule has 4 aliphatic carbocycles. The number of aliphatic hydroxyl groups excluding tert-OH is 1. The van der Waals surface area contributed by atoms with Crippen LogP contribution in [0.15, 0.2) is 49.3 Å². The van der Waals surface area contributed by atoms with Crippen molar-refractivity contribution in [3.05, 3.63) is 49.3 Å². The quantitative estimate of drug-likeness (QED) is 0.259. The SMILES string of the molecule is C=C1CC2(C1)C[C@@H](n1ccc3c(N)ncnc31)[C@@H]1OC(C)(C)O[C@@H]12.CC1(C)O[C@H]2[C@H](n3ccc4c(N)ncnc43)CC3(CC(CO)C3)[C@H]2O1. The summed E-state index contributed by atoms with van der Waals surface area (Å²) in [5, 5.41) is 11.3. The van der Waals surface area contributed by atoms with Crippen molar-refractivity contribution in [2.75, 3.05) is 18.1 Å². The molecule has 0 bridgehead atoms. The van der Waals surface area contributed by atoms with Crippen molar-refractivity contribution in [3.8, 4) is 0 Å². The standard InChI is InChI=1S/C18H24N4O3.C18H22N4O2/c1-17(2)24-13-12(7-18(14(13)25-17)5-10(6-18)8-23)22-4-3-11-15(19)20-9-21-16(11)22;1-10-6-18(7-10)8-12(13-14(18)24-17(2,3)23-13)22-5-4-11-15(19)20-9-21-16(11)22/h3-4,9-10,12-14,23H,5-8H2,1-2H3,(H2,19,20,21);4-5,9,12-14H,1,6-8H2,2-3H3,(H2,19,20,21)/t10?,12-,13+,14+,18?;12-,13+,14+/m11/s1. The fourth-order valence-electron chi connectivity index (χ4n) is 10.3. The van der Waals surface area contributed by atoms with Crippen molar-refractivity contribution >= 4 is 33.7 Å². The summed E-state index contributed by atoms with van der Waals surface area (Å²) in [4.78, 5) is 17.1. The van der Waals surface area contributed by atoms with Crippen LogP contribution in [0.25, 0.3) is 22.1 Å². The number of ether oxygens (including phenoxy) is 4. The Bertz CT molecular complexity index is 1950. The first-order valence-corrected chi connectivity index (χ1v) is 17.4. The van der Waals surface area contributed by atoms with Gasteiger partial charge in [0.05, 0.1) is 35.1 Å². The lowest BCUT2D eigenvalue weighted by Crippen LogP contribution is -2.47. The lowest BCUT2D eigenvalue weighted by molar-refractivity contribution is -0.183. The summed E-state index contributed by atoms with van der Waals surface area (Å²) < 4.78 is 29.6. The van der Waals surface area contributed by atoms with E-state index in [0.29, 0.717) is 17.6 Å². The minimum Gasteiger partial charge on any atom is -0.396 e. The molecule has 4 aromatic rings. The van der Waals surface area contributed by atoms with Crippen LogP contribution in [-0.2, 0) is 18.9 Å². The van der Waals surface area contributed by atoms with Gasteiger partial charge >= 0.3 is 0 Å². The van der Waals surface area contributed by atoms with Gasteiger partial charge in [-0.05, 0) is 84.3 Å². The summed E-state index contributed by atoms with van der Waals surface area (Å²) in [5.41, 5.74) is 15.3. The third-order valence-electron chi connectivity index (χ3n) is 12.1. The number of hydrogen-bond donors (Lipinski definition) is 3. The van der Waals surface area contributed by atoms with Crippen molar-refractivity contribution in [2.45, 2.75) is 114 Å². The molecule has 0 unspecified atom stereocenters. The van der Waals surface area contributed by atoms with Crippen LogP contribution in [0, 0.1) is 16.7 Å². The molecule has 4 saturated carbocycles. The number of nitrogen functional groups attached to an aromatic ring is 2. The van der Waals surface area contributed by atoms with E-state index in [-0.39, 0.29) is 53.9 Å². The summed E-state index contributed by atoms with van der Waals surface area (Å²) >= 11 is 0. The number of aliphatic hydroxyl groups is 1. The van der Waals surface area contributed by atoms with Crippen molar-refractivity contribution in [3.63, 3.8) is 0 Å². The number of hydrogen-bond acceptors (Lipinski definition) is 11. The fraction of sp³-hybridized carbons (Fsp3) is 0.611. The van der Waals surface area contributed by atoms with Gasteiger partial charge in [0.2, 0.25) is 0 Å². The zero-order valence-corrected chi connectivity index (χ0v) is 28.6. The third-order valence-corrected chi connectivity index (χ3v) is 12.1. The molecule has 13 nitrogen and oxygen atoms in total. The third kappa shape index (κ3) is 4.69. The highest BCUT2D eigenvalue weighted by Crippen LogP contribution is 2.65. The second kappa shape index (κ2) is 10.5. The second-order valence-electron chi connectivity index (χ2n) is 16.3. The van der Waals surface area contributed by atoms with Crippen molar-refractivity contribution in [1.82, 2.24) is 29.1 Å². The largest absolute Gasteiger partial charge is 0.396 e. The molecule has 10 rings (SSSR count). The monoisotopic (exact) mass is 670 g/mol. The maximum Gasteiger partial charge on any atom is 0.163 e. The highest BCUT2D eigenvalue weighted by Gasteiger charge is 2.66. The van der Waals surface area contributed by atoms with E-state index in [2.05, 4.69) is 41.8 Å². The molecule has 13 heteroatoms. The van der Waals surface area contributed by atoms with Gasteiger partial charge in [0.15, 0.2) is 11.6 Å². The van der Waals surface area contributed by atoms with E-state index in [1.165, 1.54) is 18.2 Å². The van der Waals surface area contributed by atoms with E-state index in [1.54, 1.807) is 0 Å². The summed E-state index contributed by atoms with van der Waals surface area (Å²) in [6.07, 6.45) is 13.4. The summed E-state index contributed by atoms with van der Waals surface area (Å²) in [7, 11) is 0. The molecule has 6 heterocycles. The predicted octanol–water partition coefficient (Wildman–Crippen LogP) is 4.68. The first-order chi connectivity index (χ1) is 23.3. The highest BCUT2D eigenvalue weighted by atomic mass is 16.8. The molecule has 0 amide bonds. The lowest BCUT2D eigenvalue weighted by Gasteiger charge is -2.48. The Morgan fingerprint density at radius 2 is 1.20 bits per heavy atom. The summed E-state index contributed by atoms with van der Waals surface area (Å²) in [6, 6.07) is 4.31. The molecule has 49 heavy (non-hydrogen) atoms. The minimum absolute atomic E-state index is 0.0126. The zero-order chi connectivity index (χ0) is 34.1. The number of aromatic nitrogens is 6. The van der Waals surface area contributed by atoms with Gasteiger partial charge in [-0.3, -0.25) is 0 Å². The number of fused-ring (bicyclic) bond motifs is 6. The molecule has 2 saturated heterocycles. The van der Waals surface area contributed by atoms with Crippen LogP contribution in [0.4, 0.5) is 11.6 Å². The Kier molecular flexibility index (Phi) is 6.69. The molecular weight excluding hydrogens is 624 g/mol. The van der Waals surface area contributed by atoms with E-state index >= 15 is 0 Å². The van der Waals surface area contributed by atoms with Crippen molar-refractivity contribution in [1.29, 1.82) is 0 Å². The molecular formula is C36H46N8O5. The van der Waals surface area contributed by atoms with E-state index < -0.39 is 11.6 Å². The van der Waals surface area contributed by atoms with Gasteiger partial charge in [0.25, 0.3) is 0 Å². The molecule has 5 N–H and O–H groups in total. The van der Waals surface area contributed by atoms with Gasteiger partial charge in [0.1, 0.15) is 47.8 Å². The molecule has 6 fully saturated rings. The fourth-order valence-corrected chi connectivity index (χ4v) is 10.3. The van der Waals surface area contributed by atoms with Gasteiger partial charge in [-0.15, -0.1) is 0 Å². The van der Waals surface area contributed by atoms with Crippen LogP contribution in [-0.4, -0.2) is 76.8 Å². The number of nitrogens with two attached hydrogens (primary N) is 2. The van der Waals surface area contributed by atoms with Crippen LogP contribution in [0.3, 0.4) is 0 Å². The maximum atomic E-state index is 9.49.